The van der Waals surface area contributed by atoms with Gasteiger partial charge in [0.15, 0.2) is 5.76 Å². The number of carbonyl (C=O) groups excluding carboxylic acids is 1. The third-order valence-corrected chi connectivity index (χ3v) is 4.53. The van der Waals surface area contributed by atoms with Gasteiger partial charge in [0.2, 0.25) is 5.16 Å². The van der Waals surface area contributed by atoms with E-state index in [1.165, 1.54) is 0 Å². The van der Waals surface area contributed by atoms with Gasteiger partial charge in [-0.15, -0.1) is 5.10 Å². The number of fused-ring (bicyclic) bond motifs is 1. The molecule has 0 saturated carbocycles. The molecule has 0 aliphatic carbocycles. The fourth-order valence-corrected chi connectivity index (χ4v) is 3.15. The summed E-state index contributed by atoms with van der Waals surface area (Å²) in [5.74, 6) is 0.863. The molecule has 2 heterocycles. The molecule has 26 heavy (non-hydrogen) atoms. The summed E-state index contributed by atoms with van der Waals surface area (Å²) in [5, 5.41) is 16.2. The summed E-state index contributed by atoms with van der Waals surface area (Å²) in [6.07, 6.45) is 0. The van der Waals surface area contributed by atoms with E-state index in [0.717, 1.165) is 22.0 Å². The van der Waals surface area contributed by atoms with Gasteiger partial charge in [0, 0.05) is 11.1 Å². The van der Waals surface area contributed by atoms with Crippen LogP contribution in [-0.4, -0.2) is 31.9 Å². The summed E-state index contributed by atoms with van der Waals surface area (Å²) in [7, 11) is 0. The number of benzene rings is 2. The molecule has 0 spiro atoms. The van der Waals surface area contributed by atoms with Gasteiger partial charge in [-0.05, 0) is 52.6 Å². The zero-order valence-electron chi connectivity index (χ0n) is 13.9. The number of para-hydroxylation sites is 1. The highest BCUT2D eigenvalue weighted by Gasteiger charge is 2.13. The van der Waals surface area contributed by atoms with Crippen molar-refractivity contribution in [2.24, 2.45) is 0 Å². The van der Waals surface area contributed by atoms with Crippen LogP contribution in [0.4, 0.5) is 5.69 Å². The van der Waals surface area contributed by atoms with Crippen LogP contribution in [0.15, 0.2) is 64.2 Å². The minimum Gasteiger partial charge on any atom is -0.451 e. The molecule has 130 valence electrons. The van der Waals surface area contributed by atoms with E-state index in [-0.39, 0.29) is 11.7 Å². The second-order valence-corrected chi connectivity index (χ2v) is 6.69. The summed E-state index contributed by atoms with van der Waals surface area (Å²) < 4.78 is 7.25. The van der Waals surface area contributed by atoms with E-state index < -0.39 is 0 Å². The molecule has 0 aliphatic rings. The smallest absolute Gasteiger partial charge is 0.291 e. The Labute approximate surface area is 153 Å². The Balaban J connectivity index is 1.51. The van der Waals surface area contributed by atoms with Gasteiger partial charge in [0.25, 0.3) is 5.91 Å². The Morgan fingerprint density at radius 3 is 2.77 bits per heavy atom. The van der Waals surface area contributed by atoms with Gasteiger partial charge < -0.3 is 9.73 Å². The van der Waals surface area contributed by atoms with Crippen molar-refractivity contribution in [2.45, 2.75) is 12.1 Å². The number of rotatable bonds is 5. The first-order chi connectivity index (χ1) is 12.7. The minimum atomic E-state index is -0.293. The monoisotopic (exact) mass is 365 g/mol. The number of amides is 1. The third kappa shape index (κ3) is 3.18. The fraction of sp³-hybridized carbons (Fsp3) is 0.111. The van der Waals surface area contributed by atoms with Crippen molar-refractivity contribution in [3.05, 3.63) is 60.4 Å². The Kier molecular flexibility index (Phi) is 4.40. The predicted molar refractivity (Wildman–Crippen MR) is 99.7 cm³/mol. The number of aromatic nitrogens is 4. The van der Waals surface area contributed by atoms with Gasteiger partial charge in [-0.25, -0.2) is 0 Å². The van der Waals surface area contributed by atoms with Crippen LogP contribution in [0.3, 0.4) is 0 Å². The average Bonchev–Trinajstić information content (AvgIpc) is 3.29. The highest BCUT2D eigenvalue weighted by molar-refractivity contribution is 7.99. The topological polar surface area (TPSA) is 85.8 Å². The van der Waals surface area contributed by atoms with Crippen LogP contribution in [-0.2, 0) is 0 Å². The van der Waals surface area contributed by atoms with Gasteiger partial charge in [-0.1, -0.05) is 36.9 Å². The molecule has 2 aromatic heterocycles. The maximum atomic E-state index is 12.4. The lowest BCUT2D eigenvalue weighted by atomic mass is 10.2. The summed E-state index contributed by atoms with van der Waals surface area (Å²) in [6, 6.07) is 16.6. The van der Waals surface area contributed by atoms with Crippen LogP contribution in [0, 0.1) is 0 Å². The second kappa shape index (κ2) is 7.01. The lowest BCUT2D eigenvalue weighted by Crippen LogP contribution is -2.10. The quantitative estimate of drug-likeness (QED) is 0.542. The van der Waals surface area contributed by atoms with E-state index in [4.69, 9.17) is 4.42 Å². The van der Waals surface area contributed by atoms with E-state index >= 15 is 0 Å². The zero-order chi connectivity index (χ0) is 17.9. The van der Waals surface area contributed by atoms with E-state index in [2.05, 4.69) is 20.8 Å². The van der Waals surface area contributed by atoms with Gasteiger partial charge in [-0.3, -0.25) is 4.79 Å². The molecule has 0 bridgehead atoms. The molecule has 7 nitrogen and oxygen atoms in total. The number of carbonyl (C=O) groups is 1. The molecule has 0 saturated heterocycles. The number of tetrazole rings is 1. The normalized spacial score (nSPS) is 11.0. The molecule has 4 aromatic rings. The number of thioether (sulfide) groups is 1. The number of nitrogens with one attached hydrogen (secondary N) is 1. The first-order valence-corrected chi connectivity index (χ1v) is 9.04. The Bertz CT molecular complexity index is 1020. The first-order valence-electron chi connectivity index (χ1n) is 8.06. The molecular formula is C18H15N5O2S. The summed E-state index contributed by atoms with van der Waals surface area (Å²) in [5.41, 5.74) is 2.18. The van der Waals surface area contributed by atoms with Crippen LogP contribution in [0.2, 0.25) is 0 Å². The van der Waals surface area contributed by atoms with Gasteiger partial charge >= 0.3 is 0 Å². The second-order valence-electron chi connectivity index (χ2n) is 5.46. The molecule has 0 atom stereocenters. The minimum absolute atomic E-state index is 0.275. The zero-order valence-corrected chi connectivity index (χ0v) is 14.7. The average molecular weight is 365 g/mol. The molecule has 0 unspecified atom stereocenters. The molecule has 1 amide bonds. The van der Waals surface area contributed by atoms with Crippen molar-refractivity contribution >= 4 is 34.3 Å². The predicted octanol–water partition coefficient (Wildman–Crippen LogP) is 3.77. The lowest BCUT2D eigenvalue weighted by Gasteiger charge is -2.06. The van der Waals surface area contributed by atoms with Crippen molar-refractivity contribution in [1.82, 2.24) is 20.2 Å². The SMILES string of the molecule is CCSc1nnnn1-c1ccc(NC(=O)c2cc3ccccc3o2)cc1. The molecule has 1 N–H and O–H groups in total. The van der Waals surface area contributed by atoms with Gasteiger partial charge in [-0.2, -0.15) is 4.68 Å². The highest BCUT2D eigenvalue weighted by Crippen LogP contribution is 2.21. The van der Waals surface area contributed by atoms with Gasteiger partial charge in [0.05, 0.1) is 5.69 Å². The molecule has 2 aromatic carbocycles. The number of furan rings is 1. The fourth-order valence-electron chi connectivity index (χ4n) is 2.53. The first kappa shape index (κ1) is 16.3. The molecule has 0 radical (unpaired) electrons. The van der Waals surface area contributed by atoms with Crippen molar-refractivity contribution in [3.63, 3.8) is 0 Å². The number of anilines is 1. The van der Waals surface area contributed by atoms with Gasteiger partial charge in [0.1, 0.15) is 5.58 Å². The maximum absolute atomic E-state index is 12.4. The molecule has 8 heteroatoms. The van der Waals surface area contributed by atoms with Crippen LogP contribution in [0.5, 0.6) is 0 Å². The Morgan fingerprint density at radius 1 is 1.19 bits per heavy atom. The summed E-state index contributed by atoms with van der Waals surface area (Å²) in [4.78, 5) is 12.4. The maximum Gasteiger partial charge on any atom is 0.291 e. The third-order valence-electron chi connectivity index (χ3n) is 3.73. The van der Waals surface area contributed by atoms with Crippen molar-refractivity contribution in [1.29, 1.82) is 0 Å². The van der Waals surface area contributed by atoms with E-state index in [1.54, 1.807) is 34.6 Å². The van der Waals surface area contributed by atoms with Crippen molar-refractivity contribution in [3.8, 4) is 5.69 Å². The van der Waals surface area contributed by atoms with Crippen molar-refractivity contribution in [2.75, 3.05) is 11.1 Å². The van der Waals surface area contributed by atoms with Crippen molar-refractivity contribution < 1.29 is 9.21 Å². The number of hydrogen-bond donors (Lipinski definition) is 1. The largest absolute Gasteiger partial charge is 0.451 e. The number of hydrogen-bond acceptors (Lipinski definition) is 6. The van der Waals surface area contributed by atoms with E-state index in [1.807, 2.05) is 43.3 Å². The Hall–Kier alpha value is -3.13. The number of nitrogens with zero attached hydrogens (tertiary/aromatic N) is 4. The lowest BCUT2D eigenvalue weighted by molar-refractivity contribution is 0.0998. The molecule has 0 aliphatic heterocycles. The van der Waals surface area contributed by atoms with Crippen LogP contribution in [0.1, 0.15) is 17.5 Å². The van der Waals surface area contributed by atoms with E-state index in [0.29, 0.717) is 11.3 Å². The van der Waals surface area contributed by atoms with E-state index in [9.17, 15) is 4.79 Å². The summed E-state index contributed by atoms with van der Waals surface area (Å²) in [6.45, 7) is 2.04. The molecule has 0 fully saturated rings. The van der Waals surface area contributed by atoms with Crippen LogP contribution >= 0.6 is 11.8 Å². The standard InChI is InChI=1S/C18H15N5O2S/c1-2-26-18-20-21-22-23(18)14-9-7-13(8-10-14)19-17(24)16-11-12-5-3-4-6-15(12)25-16/h3-11H,2H2,1H3,(H,19,24). The van der Waals surface area contributed by atoms with Crippen LogP contribution in [0.25, 0.3) is 16.7 Å². The molecule has 4 rings (SSSR count). The highest BCUT2D eigenvalue weighted by atomic mass is 32.2. The van der Waals surface area contributed by atoms with Crippen LogP contribution < -0.4 is 5.32 Å². The molecular weight excluding hydrogens is 350 g/mol. The Morgan fingerprint density at radius 2 is 2.00 bits per heavy atom. The summed E-state index contributed by atoms with van der Waals surface area (Å²) >= 11 is 1.56.